The number of hydrogen-bond acceptors (Lipinski definition) is 8. The molecule has 0 saturated carbocycles. The quantitative estimate of drug-likeness (QED) is 0.0236. The Balaban J connectivity index is 4.01. The zero-order valence-corrected chi connectivity index (χ0v) is 44.5. The van der Waals surface area contributed by atoms with E-state index in [4.69, 9.17) is 23.6 Å². The van der Waals surface area contributed by atoms with Crippen molar-refractivity contribution in [2.75, 3.05) is 33.0 Å². The highest BCUT2D eigenvalue weighted by atomic mass is 31.2. The van der Waals surface area contributed by atoms with Crippen molar-refractivity contribution in [3.05, 3.63) is 48.6 Å². The molecule has 3 unspecified atom stereocenters. The van der Waals surface area contributed by atoms with Crippen LogP contribution in [0.25, 0.3) is 0 Å². The van der Waals surface area contributed by atoms with Crippen molar-refractivity contribution in [1.82, 2.24) is 0 Å². The summed E-state index contributed by atoms with van der Waals surface area (Å²) in [4.78, 5) is 22.8. The summed E-state index contributed by atoms with van der Waals surface area (Å²) in [5.41, 5.74) is 0. The number of ether oxygens (including phenoxy) is 2. The lowest BCUT2D eigenvalue weighted by Gasteiger charge is -2.20. The molecule has 0 aliphatic rings. The fraction of sp³-hybridized carbons (Fsp3) is 0.842. The number of rotatable bonds is 54. The average molecular weight is 967 g/mol. The molecule has 0 saturated heterocycles. The molecule has 0 rings (SSSR count). The van der Waals surface area contributed by atoms with Crippen LogP contribution in [0.15, 0.2) is 48.6 Å². The highest BCUT2D eigenvalue weighted by molar-refractivity contribution is 7.47. The van der Waals surface area contributed by atoms with E-state index in [0.29, 0.717) is 6.61 Å². The van der Waals surface area contributed by atoms with Gasteiger partial charge < -0.3 is 24.6 Å². The summed E-state index contributed by atoms with van der Waals surface area (Å²) in [5.74, 6) is -0.383. The van der Waals surface area contributed by atoms with E-state index in [9.17, 15) is 19.4 Å². The Morgan fingerprint density at radius 3 is 1.28 bits per heavy atom. The van der Waals surface area contributed by atoms with Gasteiger partial charge in [-0.25, -0.2) is 4.57 Å². The summed E-state index contributed by atoms with van der Waals surface area (Å²) in [6, 6.07) is 0. The third-order valence-corrected chi connectivity index (χ3v) is 13.2. The van der Waals surface area contributed by atoms with Crippen LogP contribution in [0.1, 0.15) is 264 Å². The third-order valence-electron chi connectivity index (χ3n) is 12.3. The summed E-state index contributed by atoms with van der Waals surface area (Å²) in [5, 5.41) is 18.5. The van der Waals surface area contributed by atoms with Crippen molar-refractivity contribution in [2.24, 2.45) is 0 Å². The highest BCUT2D eigenvalue weighted by Crippen LogP contribution is 2.43. The van der Waals surface area contributed by atoms with Gasteiger partial charge in [0.15, 0.2) is 0 Å². The smallest absolute Gasteiger partial charge is 0.457 e. The number of esters is 1. The average Bonchev–Trinajstić information content (AvgIpc) is 3.32. The summed E-state index contributed by atoms with van der Waals surface area (Å²) in [6.07, 6.45) is 63.7. The summed E-state index contributed by atoms with van der Waals surface area (Å²) < 4.78 is 33.6. The van der Waals surface area contributed by atoms with Crippen molar-refractivity contribution < 1.29 is 43.0 Å². The van der Waals surface area contributed by atoms with E-state index < -0.39 is 33.2 Å². The lowest BCUT2D eigenvalue weighted by atomic mass is 10.0. The van der Waals surface area contributed by atoms with Crippen LogP contribution in [-0.2, 0) is 27.9 Å². The first-order chi connectivity index (χ1) is 32.8. The maximum absolute atomic E-state index is 12.7. The molecule has 0 spiro atoms. The maximum Gasteiger partial charge on any atom is 0.472 e. The first-order valence-corrected chi connectivity index (χ1v) is 29.6. The molecule has 394 valence electrons. The monoisotopic (exact) mass is 967 g/mol. The first kappa shape index (κ1) is 65.4. The number of hydrogen-bond donors (Lipinski definition) is 3. The molecule has 3 N–H and O–H groups in total. The molecule has 0 aliphatic carbocycles. The van der Waals surface area contributed by atoms with Gasteiger partial charge in [-0.3, -0.25) is 13.8 Å². The largest absolute Gasteiger partial charge is 0.472 e. The lowest BCUT2D eigenvalue weighted by molar-refractivity contribution is -0.154. The second-order valence-corrected chi connectivity index (χ2v) is 20.4. The van der Waals surface area contributed by atoms with E-state index in [2.05, 4.69) is 62.5 Å². The Morgan fingerprint density at radius 2 is 0.851 bits per heavy atom. The van der Waals surface area contributed by atoms with Gasteiger partial charge in [-0.1, -0.05) is 255 Å². The van der Waals surface area contributed by atoms with E-state index in [0.717, 1.165) is 70.6 Å². The van der Waals surface area contributed by atoms with Gasteiger partial charge in [0.2, 0.25) is 0 Å². The van der Waals surface area contributed by atoms with Crippen LogP contribution in [0.5, 0.6) is 0 Å². The molecule has 0 aromatic rings. The lowest BCUT2D eigenvalue weighted by Crippen LogP contribution is -2.29. The summed E-state index contributed by atoms with van der Waals surface area (Å²) in [6.45, 7) is 3.46. The predicted molar refractivity (Wildman–Crippen MR) is 283 cm³/mol. The second kappa shape index (κ2) is 53.8. The van der Waals surface area contributed by atoms with Gasteiger partial charge in [0.1, 0.15) is 12.2 Å². The number of aliphatic hydroxyl groups is 2. The number of phosphoric ester groups is 1. The fourth-order valence-electron chi connectivity index (χ4n) is 8.06. The molecule has 0 aromatic carbocycles. The fourth-order valence-corrected chi connectivity index (χ4v) is 8.85. The predicted octanol–water partition coefficient (Wildman–Crippen LogP) is 16.9. The number of carbonyl (C=O) groups is 1. The minimum absolute atomic E-state index is 0.0503. The summed E-state index contributed by atoms with van der Waals surface area (Å²) in [7, 11) is -4.53. The third kappa shape index (κ3) is 53.6. The minimum atomic E-state index is -4.53. The van der Waals surface area contributed by atoms with E-state index in [1.807, 2.05) is 0 Å². The van der Waals surface area contributed by atoms with E-state index >= 15 is 0 Å². The number of allylic oxidation sites excluding steroid dienone is 8. The number of unbranched alkanes of at least 4 members (excludes halogenated alkanes) is 32. The molecule has 9 nitrogen and oxygen atoms in total. The molecule has 0 bridgehead atoms. The molecule has 0 heterocycles. The minimum Gasteiger partial charge on any atom is -0.457 e. The Bertz CT molecular complexity index is 1190. The van der Waals surface area contributed by atoms with Gasteiger partial charge in [-0.15, -0.1) is 0 Å². The topological polar surface area (TPSA) is 132 Å². The zero-order valence-electron chi connectivity index (χ0n) is 43.6. The van der Waals surface area contributed by atoms with Crippen molar-refractivity contribution in [2.45, 2.75) is 276 Å². The van der Waals surface area contributed by atoms with Crippen LogP contribution in [0.4, 0.5) is 0 Å². The second-order valence-electron chi connectivity index (χ2n) is 18.9. The number of phosphoric acid groups is 1. The number of carbonyl (C=O) groups excluding carboxylic acids is 1. The molecular weight excluding hydrogens is 860 g/mol. The Morgan fingerprint density at radius 1 is 0.478 bits per heavy atom. The van der Waals surface area contributed by atoms with Crippen molar-refractivity contribution in [1.29, 1.82) is 0 Å². The molecule has 0 amide bonds. The molecule has 0 fully saturated rings. The van der Waals surface area contributed by atoms with Crippen LogP contribution in [0.3, 0.4) is 0 Å². The van der Waals surface area contributed by atoms with Crippen molar-refractivity contribution in [3.8, 4) is 0 Å². The van der Waals surface area contributed by atoms with Gasteiger partial charge in [0.05, 0.1) is 26.4 Å². The molecule has 0 aliphatic heterocycles. The highest BCUT2D eigenvalue weighted by Gasteiger charge is 2.26. The van der Waals surface area contributed by atoms with Crippen LogP contribution in [0, 0.1) is 0 Å². The molecule has 0 aromatic heterocycles. The Hall–Kier alpha value is -1.58. The van der Waals surface area contributed by atoms with Crippen LogP contribution >= 0.6 is 7.82 Å². The van der Waals surface area contributed by atoms with E-state index in [-0.39, 0.29) is 25.6 Å². The molecular formula is C57H107O9P. The van der Waals surface area contributed by atoms with E-state index in [1.54, 1.807) is 0 Å². The van der Waals surface area contributed by atoms with Gasteiger partial charge in [-0.2, -0.15) is 0 Å². The van der Waals surface area contributed by atoms with Gasteiger partial charge in [-0.05, 0) is 51.4 Å². The van der Waals surface area contributed by atoms with Crippen molar-refractivity contribution in [3.63, 3.8) is 0 Å². The van der Waals surface area contributed by atoms with Crippen LogP contribution < -0.4 is 0 Å². The first-order valence-electron chi connectivity index (χ1n) is 28.1. The summed E-state index contributed by atoms with van der Waals surface area (Å²) >= 11 is 0. The standard InChI is InChI=1S/C57H107O9P/c1-3-5-7-9-11-13-15-17-19-21-23-25-27-29-31-33-35-37-39-41-43-45-47-49-57(60)66-56(54-65-67(61,62)64-52-55(59)51-58)53-63-50-48-46-44-42-40-38-36-34-32-30-28-26-24-22-20-18-16-14-12-10-8-6-4-2/h5,7,11,13,17,19,23,25,55-56,58-59H,3-4,6,8-10,12,14-16,18,20-22,24,26-54H2,1-2H3,(H,61,62)/b7-5-,13-11-,19-17-,25-23-. The van der Waals surface area contributed by atoms with Gasteiger partial charge in [0, 0.05) is 13.0 Å². The van der Waals surface area contributed by atoms with E-state index in [1.165, 1.54) is 173 Å². The maximum atomic E-state index is 12.7. The molecule has 10 heteroatoms. The molecule has 0 radical (unpaired) electrons. The zero-order chi connectivity index (χ0) is 48.8. The number of aliphatic hydroxyl groups excluding tert-OH is 2. The molecule has 67 heavy (non-hydrogen) atoms. The van der Waals surface area contributed by atoms with Gasteiger partial charge in [0.25, 0.3) is 0 Å². The Labute approximate surface area is 413 Å². The Kier molecular flexibility index (Phi) is 52.5. The normalized spacial score (nSPS) is 14.0. The molecule has 3 atom stereocenters. The SMILES string of the molecule is CC/C=C\C/C=C\C/C=C\C/C=C\CCCCCCCCCCCCC(=O)OC(COCCCCCCCCCCCCCCCCCCCCCCCCC)COP(=O)(O)OCC(O)CO. The van der Waals surface area contributed by atoms with Gasteiger partial charge >= 0.3 is 13.8 Å². The van der Waals surface area contributed by atoms with Crippen LogP contribution in [0.2, 0.25) is 0 Å². The van der Waals surface area contributed by atoms with Crippen molar-refractivity contribution >= 4 is 13.8 Å². The van der Waals surface area contributed by atoms with Crippen LogP contribution in [-0.4, -0.2) is 66.3 Å².